The zero-order valence-corrected chi connectivity index (χ0v) is 10.9. The van der Waals surface area contributed by atoms with Crippen molar-refractivity contribution in [2.75, 3.05) is 0 Å². The summed E-state index contributed by atoms with van der Waals surface area (Å²) in [5.41, 5.74) is 3.23. The molecule has 4 heteroatoms. The monoisotopic (exact) mass is 250 g/mol. The number of rotatable bonds is 4. The second-order valence-corrected chi connectivity index (χ2v) is 5.49. The first-order chi connectivity index (χ1) is 8.06. The maximum Gasteiger partial charge on any atom is 0.175 e. The Balaban J connectivity index is 2.06. The van der Waals surface area contributed by atoms with Crippen LogP contribution in [0.25, 0.3) is 0 Å². The van der Waals surface area contributed by atoms with E-state index in [1.54, 1.807) is 6.92 Å². The molecule has 17 heavy (non-hydrogen) atoms. The molecular formula is C13H15O3P. The highest BCUT2D eigenvalue weighted by Crippen LogP contribution is 2.29. The molecule has 0 spiro atoms. The average Bonchev–Trinajstić information content (AvgIpc) is 2.67. The number of hydrogen-bond donors (Lipinski definition) is 0. The van der Waals surface area contributed by atoms with Gasteiger partial charge in [-0.2, -0.15) is 0 Å². The molecule has 0 aromatic heterocycles. The number of carbonyl (C=O) groups is 2. The first-order valence-corrected chi connectivity index (χ1v) is 6.52. The number of benzene rings is 1. The topological polar surface area (TPSA) is 43.4 Å². The predicted octanol–water partition coefficient (Wildman–Crippen LogP) is 2.51. The van der Waals surface area contributed by atoms with Crippen molar-refractivity contribution >= 4 is 20.1 Å². The second kappa shape index (κ2) is 5.07. The van der Waals surface area contributed by atoms with Gasteiger partial charge in [0.05, 0.1) is 14.9 Å². The fourth-order valence-corrected chi connectivity index (χ4v) is 2.55. The van der Waals surface area contributed by atoms with Gasteiger partial charge in [0.1, 0.15) is 0 Å². The third-order valence-electron chi connectivity index (χ3n) is 2.88. The van der Waals surface area contributed by atoms with Gasteiger partial charge in [0, 0.05) is 12.5 Å². The standard InChI is InChI=1S/C13H15O3P/c1-8(14)10-3-4-11-6-13(7-12(11)5-10)16-17-9(2)15/h3-5,13,17H,6-7H2,1-2H3. The van der Waals surface area contributed by atoms with Gasteiger partial charge < -0.3 is 4.52 Å². The van der Waals surface area contributed by atoms with Gasteiger partial charge in [-0.05, 0) is 37.0 Å². The molecule has 0 aliphatic heterocycles. The summed E-state index contributed by atoms with van der Waals surface area (Å²) in [5, 5.41) is 0. The molecule has 90 valence electrons. The maximum absolute atomic E-state index is 11.3. The Morgan fingerprint density at radius 1 is 1.24 bits per heavy atom. The van der Waals surface area contributed by atoms with Crippen molar-refractivity contribution in [3.63, 3.8) is 0 Å². The third kappa shape index (κ3) is 2.99. The minimum absolute atomic E-state index is 0.0629. The summed E-state index contributed by atoms with van der Waals surface area (Å²) < 4.78 is 5.54. The molecule has 0 radical (unpaired) electrons. The molecule has 1 aromatic carbocycles. The molecule has 0 saturated carbocycles. The first-order valence-electron chi connectivity index (χ1n) is 5.61. The van der Waals surface area contributed by atoms with E-state index in [0.29, 0.717) is 0 Å². The van der Waals surface area contributed by atoms with Gasteiger partial charge in [-0.15, -0.1) is 0 Å². The summed E-state index contributed by atoms with van der Waals surface area (Å²) in [6.45, 7) is 3.11. The normalized spacial score (nSPS) is 18.6. The molecule has 2 unspecified atom stereocenters. The van der Waals surface area contributed by atoms with E-state index >= 15 is 0 Å². The van der Waals surface area contributed by atoms with Crippen molar-refractivity contribution in [3.8, 4) is 0 Å². The smallest absolute Gasteiger partial charge is 0.175 e. The van der Waals surface area contributed by atoms with Gasteiger partial charge in [0.2, 0.25) is 0 Å². The first kappa shape index (κ1) is 12.4. The summed E-state index contributed by atoms with van der Waals surface area (Å²) in [6.07, 6.45) is 1.74. The highest BCUT2D eigenvalue weighted by Gasteiger charge is 2.23. The van der Waals surface area contributed by atoms with Crippen molar-refractivity contribution in [1.29, 1.82) is 0 Å². The molecule has 0 bridgehead atoms. The van der Waals surface area contributed by atoms with E-state index in [4.69, 9.17) is 4.52 Å². The average molecular weight is 250 g/mol. The molecule has 0 fully saturated rings. The lowest BCUT2D eigenvalue weighted by atomic mass is 10.0. The van der Waals surface area contributed by atoms with E-state index in [1.807, 2.05) is 18.2 Å². The largest absolute Gasteiger partial charge is 0.351 e. The van der Waals surface area contributed by atoms with Crippen molar-refractivity contribution in [1.82, 2.24) is 0 Å². The van der Waals surface area contributed by atoms with Gasteiger partial charge in [-0.3, -0.25) is 9.59 Å². The Morgan fingerprint density at radius 2 is 1.94 bits per heavy atom. The Bertz CT molecular complexity index is 468. The van der Waals surface area contributed by atoms with E-state index in [2.05, 4.69) is 0 Å². The number of carbonyl (C=O) groups excluding carboxylic acids is 2. The SMILES string of the molecule is CC(=O)POC1Cc2ccc(C(C)=O)cc2C1. The number of hydrogen-bond acceptors (Lipinski definition) is 3. The van der Waals surface area contributed by atoms with E-state index in [-0.39, 0.29) is 26.2 Å². The van der Waals surface area contributed by atoms with E-state index in [9.17, 15) is 9.59 Å². The number of ketones is 1. The minimum Gasteiger partial charge on any atom is -0.351 e. The van der Waals surface area contributed by atoms with Crippen molar-refractivity contribution < 1.29 is 14.1 Å². The minimum atomic E-state index is -0.0629. The van der Waals surface area contributed by atoms with Crippen molar-refractivity contribution in [2.45, 2.75) is 32.8 Å². The zero-order valence-electron chi connectivity index (χ0n) is 9.95. The summed E-state index contributed by atoms with van der Waals surface area (Å²) >= 11 is 0. The number of fused-ring (bicyclic) bond motifs is 1. The number of Topliss-reactive ketones (excluding diaryl/α,β-unsaturated/α-hetero) is 1. The highest BCUT2D eigenvalue weighted by atomic mass is 31.1. The van der Waals surface area contributed by atoms with Crippen LogP contribution in [0, 0.1) is 0 Å². The summed E-state index contributed by atoms with van der Waals surface area (Å²) in [7, 11) is -0.0629. The fourth-order valence-electron chi connectivity index (χ4n) is 2.05. The molecule has 3 nitrogen and oxygen atoms in total. The quantitative estimate of drug-likeness (QED) is 0.609. The molecule has 0 saturated heterocycles. The van der Waals surface area contributed by atoms with Crippen LogP contribution in [-0.2, 0) is 22.2 Å². The van der Waals surface area contributed by atoms with Crippen molar-refractivity contribution in [2.24, 2.45) is 0 Å². The lowest BCUT2D eigenvalue weighted by Gasteiger charge is -2.08. The third-order valence-corrected chi connectivity index (χ3v) is 3.62. The van der Waals surface area contributed by atoms with Crippen LogP contribution in [0.3, 0.4) is 0 Å². The van der Waals surface area contributed by atoms with Gasteiger partial charge in [-0.1, -0.05) is 12.1 Å². The van der Waals surface area contributed by atoms with Crippen LogP contribution in [0.5, 0.6) is 0 Å². The van der Waals surface area contributed by atoms with Gasteiger partial charge in [0.25, 0.3) is 0 Å². The van der Waals surface area contributed by atoms with E-state index in [0.717, 1.165) is 18.4 Å². The van der Waals surface area contributed by atoms with Gasteiger partial charge >= 0.3 is 0 Å². The Labute approximate surface area is 102 Å². The summed E-state index contributed by atoms with van der Waals surface area (Å²) in [4.78, 5) is 22.1. The molecule has 0 N–H and O–H groups in total. The summed E-state index contributed by atoms with van der Waals surface area (Å²) in [6, 6.07) is 5.79. The fraction of sp³-hybridized carbons (Fsp3) is 0.385. The molecular weight excluding hydrogens is 235 g/mol. The molecule has 1 aliphatic rings. The Morgan fingerprint density at radius 3 is 2.59 bits per heavy atom. The Hall–Kier alpha value is -1.05. The van der Waals surface area contributed by atoms with Crippen LogP contribution in [0.1, 0.15) is 35.3 Å². The van der Waals surface area contributed by atoms with E-state index < -0.39 is 0 Å². The molecule has 1 aliphatic carbocycles. The van der Waals surface area contributed by atoms with Crippen LogP contribution >= 0.6 is 8.81 Å². The maximum atomic E-state index is 11.3. The molecule has 2 atom stereocenters. The predicted molar refractivity (Wildman–Crippen MR) is 67.7 cm³/mol. The lowest BCUT2D eigenvalue weighted by Crippen LogP contribution is -2.08. The summed E-state index contributed by atoms with van der Waals surface area (Å²) in [5.74, 6) is 0.0859. The van der Waals surface area contributed by atoms with Crippen molar-refractivity contribution in [3.05, 3.63) is 34.9 Å². The molecule has 2 rings (SSSR count). The second-order valence-electron chi connectivity index (χ2n) is 4.35. The van der Waals surface area contributed by atoms with Crippen LogP contribution in [0.2, 0.25) is 0 Å². The van der Waals surface area contributed by atoms with Gasteiger partial charge in [-0.25, -0.2) is 0 Å². The van der Waals surface area contributed by atoms with E-state index in [1.165, 1.54) is 18.1 Å². The van der Waals surface area contributed by atoms with Crippen LogP contribution in [0.15, 0.2) is 18.2 Å². The van der Waals surface area contributed by atoms with Crippen LogP contribution in [-0.4, -0.2) is 17.4 Å². The molecule has 0 heterocycles. The van der Waals surface area contributed by atoms with Crippen LogP contribution in [0.4, 0.5) is 0 Å². The van der Waals surface area contributed by atoms with Crippen LogP contribution < -0.4 is 0 Å². The molecule has 1 aromatic rings. The lowest BCUT2D eigenvalue weighted by molar-refractivity contribution is -0.110. The Kier molecular flexibility index (Phi) is 3.70. The zero-order chi connectivity index (χ0) is 12.4. The van der Waals surface area contributed by atoms with Gasteiger partial charge in [0.15, 0.2) is 11.3 Å². The molecule has 0 amide bonds. The highest BCUT2D eigenvalue weighted by molar-refractivity contribution is 7.53.